The molecular weight excluding hydrogens is 288 g/mol. The van der Waals surface area contributed by atoms with Gasteiger partial charge in [0.2, 0.25) is 5.91 Å². The van der Waals surface area contributed by atoms with Gasteiger partial charge < -0.3 is 5.32 Å². The van der Waals surface area contributed by atoms with E-state index in [-0.39, 0.29) is 11.3 Å². The zero-order chi connectivity index (χ0) is 16.1. The Kier molecular flexibility index (Phi) is 4.76. The summed E-state index contributed by atoms with van der Waals surface area (Å²) in [7, 11) is 0. The average Bonchev–Trinajstić information content (AvgIpc) is 3.09. The van der Waals surface area contributed by atoms with Crippen LogP contribution in [0.5, 0.6) is 0 Å². The SMILES string of the molecule is CC1(C(=O)NCc2ccn[nH]2)CCN(Cc2ccccc2)CC1. The molecule has 2 aromatic rings. The molecule has 1 saturated heterocycles. The van der Waals surface area contributed by atoms with E-state index in [4.69, 9.17) is 0 Å². The summed E-state index contributed by atoms with van der Waals surface area (Å²) in [5, 5.41) is 9.80. The third-order valence-corrected chi connectivity index (χ3v) is 4.75. The monoisotopic (exact) mass is 312 g/mol. The third kappa shape index (κ3) is 3.99. The lowest BCUT2D eigenvalue weighted by Gasteiger charge is -2.38. The predicted molar refractivity (Wildman–Crippen MR) is 89.5 cm³/mol. The van der Waals surface area contributed by atoms with Crippen molar-refractivity contribution in [2.75, 3.05) is 13.1 Å². The Morgan fingerprint density at radius 2 is 2.00 bits per heavy atom. The Labute approximate surface area is 137 Å². The molecule has 1 aliphatic heterocycles. The van der Waals surface area contributed by atoms with Crippen LogP contribution in [0.3, 0.4) is 0 Å². The van der Waals surface area contributed by atoms with E-state index < -0.39 is 0 Å². The minimum Gasteiger partial charge on any atom is -0.350 e. The zero-order valence-electron chi connectivity index (χ0n) is 13.6. The van der Waals surface area contributed by atoms with Crippen molar-refractivity contribution in [3.63, 3.8) is 0 Å². The van der Waals surface area contributed by atoms with Gasteiger partial charge in [0.05, 0.1) is 12.2 Å². The van der Waals surface area contributed by atoms with E-state index in [1.807, 2.05) is 12.1 Å². The second-order valence-electron chi connectivity index (χ2n) is 6.59. The molecule has 0 unspecified atom stereocenters. The quantitative estimate of drug-likeness (QED) is 0.891. The molecule has 1 aromatic heterocycles. The number of nitrogens with one attached hydrogen (secondary N) is 2. The Morgan fingerprint density at radius 1 is 1.26 bits per heavy atom. The molecule has 23 heavy (non-hydrogen) atoms. The van der Waals surface area contributed by atoms with E-state index >= 15 is 0 Å². The molecule has 0 aliphatic carbocycles. The van der Waals surface area contributed by atoms with Crippen LogP contribution < -0.4 is 5.32 Å². The molecule has 1 fully saturated rings. The number of nitrogens with zero attached hydrogens (tertiary/aromatic N) is 2. The van der Waals surface area contributed by atoms with Crippen LogP contribution in [-0.2, 0) is 17.9 Å². The molecule has 2 heterocycles. The van der Waals surface area contributed by atoms with Crippen LogP contribution in [0, 0.1) is 5.41 Å². The molecule has 5 heteroatoms. The fourth-order valence-corrected chi connectivity index (χ4v) is 3.05. The van der Waals surface area contributed by atoms with Gasteiger partial charge >= 0.3 is 0 Å². The highest BCUT2D eigenvalue weighted by atomic mass is 16.2. The molecule has 3 rings (SSSR count). The highest BCUT2D eigenvalue weighted by Crippen LogP contribution is 2.31. The van der Waals surface area contributed by atoms with Crippen molar-refractivity contribution in [1.82, 2.24) is 20.4 Å². The van der Waals surface area contributed by atoms with Crippen molar-refractivity contribution in [3.8, 4) is 0 Å². The van der Waals surface area contributed by atoms with Gasteiger partial charge in [-0.25, -0.2) is 0 Å². The van der Waals surface area contributed by atoms with Crippen LogP contribution in [0.1, 0.15) is 31.0 Å². The molecule has 0 bridgehead atoms. The summed E-state index contributed by atoms with van der Waals surface area (Å²) < 4.78 is 0. The number of likely N-dealkylation sites (tertiary alicyclic amines) is 1. The molecule has 0 atom stereocenters. The van der Waals surface area contributed by atoms with Crippen LogP contribution in [0.2, 0.25) is 0 Å². The van der Waals surface area contributed by atoms with Crippen molar-refractivity contribution in [2.45, 2.75) is 32.9 Å². The van der Waals surface area contributed by atoms with Gasteiger partial charge in [-0.3, -0.25) is 14.8 Å². The van der Waals surface area contributed by atoms with Gasteiger partial charge in [0, 0.05) is 18.2 Å². The first-order valence-corrected chi connectivity index (χ1v) is 8.19. The van der Waals surface area contributed by atoms with Crippen molar-refractivity contribution in [1.29, 1.82) is 0 Å². The second-order valence-corrected chi connectivity index (χ2v) is 6.59. The van der Waals surface area contributed by atoms with E-state index in [0.717, 1.165) is 38.2 Å². The highest BCUT2D eigenvalue weighted by Gasteiger charge is 2.36. The van der Waals surface area contributed by atoms with Gasteiger partial charge in [-0.05, 0) is 37.6 Å². The summed E-state index contributed by atoms with van der Waals surface area (Å²) in [4.78, 5) is 14.9. The van der Waals surface area contributed by atoms with E-state index in [2.05, 4.69) is 51.6 Å². The van der Waals surface area contributed by atoms with Crippen LogP contribution in [-0.4, -0.2) is 34.1 Å². The van der Waals surface area contributed by atoms with Gasteiger partial charge in [-0.1, -0.05) is 37.3 Å². The van der Waals surface area contributed by atoms with Crippen molar-refractivity contribution >= 4 is 5.91 Å². The standard InChI is InChI=1S/C18H24N4O/c1-18(17(23)19-13-16-7-10-20-21-16)8-11-22(12-9-18)14-15-5-3-2-4-6-15/h2-7,10H,8-9,11-14H2,1H3,(H,19,23)(H,20,21). The van der Waals surface area contributed by atoms with Crippen LogP contribution in [0.25, 0.3) is 0 Å². The smallest absolute Gasteiger partial charge is 0.226 e. The average molecular weight is 312 g/mol. The molecule has 5 nitrogen and oxygen atoms in total. The van der Waals surface area contributed by atoms with Gasteiger partial charge in [-0.15, -0.1) is 0 Å². The second kappa shape index (κ2) is 6.96. The molecule has 0 spiro atoms. The summed E-state index contributed by atoms with van der Waals surface area (Å²) in [6.45, 7) is 5.48. The molecule has 1 amide bonds. The highest BCUT2D eigenvalue weighted by molar-refractivity contribution is 5.82. The summed E-state index contributed by atoms with van der Waals surface area (Å²) >= 11 is 0. The lowest BCUT2D eigenvalue weighted by atomic mass is 9.79. The largest absolute Gasteiger partial charge is 0.350 e. The number of aromatic nitrogens is 2. The van der Waals surface area contributed by atoms with Crippen LogP contribution in [0.4, 0.5) is 0 Å². The first-order valence-electron chi connectivity index (χ1n) is 8.19. The number of H-pyrrole nitrogens is 1. The summed E-state index contributed by atoms with van der Waals surface area (Å²) in [6, 6.07) is 12.4. The maximum atomic E-state index is 12.5. The van der Waals surface area contributed by atoms with Crippen molar-refractivity contribution < 1.29 is 4.79 Å². The summed E-state index contributed by atoms with van der Waals surface area (Å²) in [5.74, 6) is 0.145. The molecule has 0 saturated carbocycles. The number of benzene rings is 1. The maximum Gasteiger partial charge on any atom is 0.226 e. The summed E-state index contributed by atoms with van der Waals surface area (Å²) in [6.07, 6.45) is 3.49. The molecule has 122 valence electrons. The normalized spacial score (nSPS) is 17.8. The number of carbonyl (C=O) groups excluding carboxylic acids is 1. The number of aromatic amines is 1. The van der Waals surface area contributed by atoms with Gasteiger partial charge in [0.15, 0.2) is 0 Å². The molecule has 2 N–H and O–H groups in total. The number of hydrogen-bond donors (Lipinski definition) is 2. The minimum atomic E-state index is -0.271. The maximum absolute atomic E-state index is 12.5. The third-order valence-electron chi connectivity index (χ3n) is 4.75. The number of hydrogen-bond acceptors (Lipinski definition) is 3. The number of amides is 1. The van der Waals surface area contributed by atoms with Crippen LogP contribution in [0.15, 0.2) is 42.6 Å². The Morgan fingerprint density at radius 3 is 2.65 bits per heavy atom. The van der Waals surface area contributed by atoms with E-state index in [1.54, 1.807) is 6.20 Å². The molecule has 1 aromatic carbocycles. The topological polar surface area (TPSA) is 61.0 Å². The first-order chi connectivity index (χ1) is 11.2. The predicted octanol–water partition coefficient (Wildman–Crippen LogP) is 2.33. The fraction of sp³-hybridized carbons (Fsp3) is 0.444. The minimum absolute atomic E-state index is 0.145. The van der Waals surface area contributed by atoms with E-state index in [9.17, 15) is 4.79 Å². The molecule has 1 aliphatic rings. The lowest BCUT2D eigenvalue weighted by molar-refractivity contribution is -0.133. The van der Waals surface area contributed by atoms with Gasteiger partial charge in [0.1, 0.15) is 0 Å². The Bertz CT molecular complexity index is 616. The van der Waals surface area contributed by atoms with Gasteiger partial charge in [-0.2, -0.15) is 5.10 Å². The number of piperidine rings is 1. The Balaban J connectivity index is 1.49. The van der Waals surface area contributed by atoms with E-state index in [0.29, 0.717) is 6.54 Å². The zero-order valence-corrected chi connectivity index (χ0v) is 13.6. The van der Waals surface area contributed by atoms with E-state index in [1.165, 1.54) is 5.56 Å². The molecular formula is C18H24N4O. The van der Waals surface area contributed by atoms with Crippen molar-refractivity contribution in [2.24, 2.45) is 5.41 Å². The summed E-state index contributed by atoms with van der Waals surface area (Å²) in [5.41, 5.74) is 2.00. The number of carbonyl (C=O) groups is 1. The van der Waals surface area contributed by atoms with Gasteiger partial charge in [0.25, 0.3) is 0 Å². The van der Waals surface area contributed by atoms with Crippen LogP contribution >= 0.6 is 0 Å². The lowest BCUT2D eigenvalue weighted by Crippen LogP contribution is -2.46. The first kappa shape index (κ1) is 15.7. The number of rotatable bonds is 5. The van der Waals surface area contributed by atoms with Crippen molar-refractivity contribution in [3.05, 3.63) is 53.9 Å². The Hall–Kier alpha value is -2.14. The fourth-order valence-electron chi connectivity index (χ4n) is 3.05. The molecule has 0 radical (unpaired) electrons.